The van der Waals surface area contributed by atoms with Crippen LogP contribution in [0.25, 0.3) is 110 Å². The van der Waals surface area contributed by atoms with Gasteiger partial charge in [0.1, 0.15) is 11.2 Å². The molecule has 7 heteroatoms. The Morgan fingerprint density at radius 1 is 0.317 bits per heavy atom. The number of aromatic nitrogens is 4. The first-order valence-electron chi connectivity index (χ1n) is 20.9. The molecule has 0 aliphatic heterocycles. The van der Waals surface area contributed by atoms with Crippen LogP contribution in [0.5, 0.6) is 0 Å². The van der Waals surface area contributed by atoms with Crippen molar-refractivity contribution in [3.8, 4) is 33.9 Å². The molecule has 0 saturated heterocycles. The first-order chi connectivity index (χ1) is 31.2. The summed E-state index contributed by atoms with van der Waals surface area (Å²) in [6.45, 7) is 0. The Kier molecular flexibility index (Phi) is 7.77. The van der Waals surface area contributed by atoms with E-state index in [-0.39, 0.29) is 0 Å². The Balaban J connectivity index is 0.884. The van der Waals surface area contributed by atoms with Gasteiger partial charge in [-0.25, -0.2) is 9.97 Å². The molecule has 0 saturated carbocycles. The van der Waals surface area contributed by atoms with Crippen LogP contribution in [-0.4, -0.2) is 19.9 Å². The maximum Gasteiger partial charge on any atom is 0.230 e. The number of anilines is 3. The van der Waals surface area contributed by atoms with Crippen molar-refractivity contribution in [1.82, 2.24) is 19.9 Å². The van der Waals surface area contributed by atoms with E-state index in [9.17, 15) is 0 Å². The van der Waals surface area contributed by atoms with Gasteiger partial charge in [-0.15, -0.1) is 0 Å². The highest BCUT2D eigenvalue weighted by atomic mass is 16.3. The Bertz CT molecular complexity index is 3770. The fourth-order valence-corrected chi connectivity index (χ4v) is 9.01. The van der Waals surface area contributed by atoms with E-state index in [0.717, 1.165) is 66.3 Å². The minimum atomic E-state index is 0.573. The molecule has 294 valence electrons. The van der Waals surface area contributed by atoms with Gasteiger partial charge in [0.25, 0.3) is 0 Å². The third-order valence-corrected chi connectivity index (χ3v) is 12.2. The van der Waals surface area contributed by atoms with Crippen molar-refractivity contribution in [3.05, 3.63) is 200 Å². The van der Waals surface area contributed by atoms with E-state index in [4.69, 9.17) is 28.8 Å². The molecule has 0 aliphatic carbocycles. The standard InChI is InChI=1S/C56H33N5O2/c1-2-8-37-29-38(14-13-34(37)7-1)39-21-27-45-40(30-39)15-16-41-31-44(26-28-46(41)45)61(42-22-17-35(18-23-42)53-57-32-49-47-9-3-5-11-51(47)62-55(49)59-53)43-24-19-36(20-25-43)54-58-33-50-48-10-4-6-12-52(48)63-56(50)60-54/h1-33H. The molecular weight excluding hydrogens is 775 g/mol. The summed E-state index contributed by atoms with van der Waals surface area (Å²) in [5.74, 6) is 1.21. The second-order valence-corrected chi connectivity index (χ2v) is 15.9. The van der Waals surface area contributed by atoms with Gasteiger partial charge >= 0.3 is 0 Å². The fourth-order valence-electron chi connectivity index (χ4n) is 9.01. The summed E-state index contributed by atoms with van der Waals surface area (Å²) in [6, 6.07) is 65.8. The van der Waals surface area contributed by atoms with Crippen LogP contribution >= 0.6 is 0 Å². The number of nitrogens with zero attached hydrogens (tertiary/aromatic N) is 5. The van der Waals surface area contributed by atoms with Crippen molar-refractivity contribution in [3.63, 3.8) is 0 Å². The Labute approximate surface area is 360 Å². The van der Waals surface area contributed by atoms with Crippen molar-refractivity contribution in [1.29, 1.82) is 0 Å². The first kappa shape index (κ1) is 35.1. The second kappa shape index (κ2) is 13.9. The molecule has 0 spiro atoms. The lowest BCUT2D eigenvalue weighted by Gasteiger charge is -2.26. The van der Waals surface area contributed by atoms with Crippen molar-refractivity contribution in [2.75, 3.05) is 4.90 Å². The van der Waals surface area contributed by atoms with Crippen molar-refractivity contribution >= 4 is 93.5 Å². The van der Waals surface area contributed by atoms with Crippen LogP contribution in [0.15, 0.2) is 209 Å². The van der Waals surface area contributed by atoms with Gasteiger partial charge in [0.2, 0.25) is 11.4 Å². The lowest BCUT2D eigenvalue weighted by Crippen LogP contribution is -2.10. The molecule has 63 heavy (non-hydrogen) atoms. The SMILES string of the molecule is c1ccc2cc(-c3ccc4c(ccc5cc(N(c6ccc(-c7ncc8c(n7)oc7ccccc78)cc6)c6ccc(-c7ncc8c(n7)oc7ccccc78)cc6)ccc54)c3)ccc2c1. The van der Waals surface area contributed by atoms with E-state index >= 15 is 0 Å². The summed E-state index contributed by atoms with van der Waals surface area (Å²) in [5.41, 5.74) is 9.93. The van der Waals surface area contributed by atoms with Gasteiger partial charge < -0.3 is 13.7 Å². The molecule has 0 radical (unpaired) electrons. The molecule has 0 aliphatic rings. The number of benzene rings is 9. The minimum absolute atomic E-state index is 0.573. The summed E-state index contributed by atoms with van der Waals surface area (Å²) in [6.07, 6.45) is 3.70. The van der Waals surface area contributed by atoms with Crippen molar-refractivity contribution in [2.24, 2.45) is 0 Å². The molecule has 13 aromatic rings. The summed E-state index contributed by atoms with van der Waals surface area (Å²) in [7, 11) is 0. The Morgan fingerprint density at radius 3 is 1.37 bits per heavy atom. The zero-order chi connectivity index (χ0) is 41.4. The predicted octanol–water partition coefficient (Wildman–Crippen LogP) is 15.0. The average molecular weight is 808 g/mol. The minimum Gasteiger partial charge on any atom is -0.438 e. The van der Waals surface area contributed by atoms with Crippen LogP contribution in [0.2, 0.25) is 0 Å². The maximum atomic E-state index is 6.10. The van der Waals surface area contributed by atoms with E-state index in [1.54, 1.807) is 0 Å². The summed E-state index contributed by atoms with van der Waals surface area (Å²) >= 11 is 0. The first-order valence-corrected chi connectivity index (χ1v) is 20.9. The van der Waals surface area contributed by atoms with Crippen LogP contribution in [0, 0.1) is 0 Å². The third-order valence-electron chi connectivity index (χ3n) is 12.2. The Morgan fingerprint density at radius 2 is 0.762 bits per heavy atom. The molecule has 0 fully saturated rings. The largest absolute Gasteiger partial charge is 0.438 e. The molecule has 0 N–H and O–H groups in total. The zero-order valence-corrected chi connectivity index (χ0v) is 33.6. The summed E-state index contributed by atoms with van der Waals surface area (Å²) in [5, 5.41) is 11.1. The van der Waals surface area contributed by atoms with Crippen LogP contribution in [0.1, 0.15) is 0 Å². The molecule has 0 unspecified atom stereocenters. The second-order valence-electron chi connectivity index (χ2n) is 15.9. The molecule has 7 nitrogen and oxygen atoms in total. The van der Waals surface area contributed by atoms with Crippen LogP contribution in [0.3, 0.4) is 0 Å². The van der Waals surface area contributed by atoms with Gasteiger partial charge in [-0.1, -0.05) is 103 Å². The van der Waals surface area contributed by atoms with Gasteiger partial charge in [-0.3, -0.25) is 0 Å². The lowest BCUT2D eigenvalue weighted by molar-refractivity contribution is 0.653. The fraction of sp³-hybridized carbons (Fsp3) is 0. The molecule has 4 heterocycles. The highest BCUT2D eigenvalue weighted by Crippen LogP contribution is 2.40. The van der Waals surface area contributed by atoms with Crippen LogP contribution < -0.4 is 4.90 Å². The van der Waals surface area contributed by atoms with E-state index in [2.05, 4.69) is 144 Å². The van der Waals surface area contributed by atoms with Gasteiger partial charge in [0.15, 0.2) is 11.6 Å². The quantitative estimate of drug-likeness (QED) is 0.155. The molecule has 9 aromatic carbocycles. The summed E-state index contributed by atoms with van der Waals surface area (Å²) < 4.78 is 12.2. The van der Waals surface area contributed by atoms with Crippen LogP contribution in [0.4, 0.5) is 17.1 Å². The number of rotatable bonds is 6. The lowest BCUT2D eigenvalue weighted by atomic mass is 9.96. The average Bonchev–Trinajstić information content (AvgIpc) is 3.92. The Hall–Kier alpha value is -8.68. The smallest absolute Gasteiger partial charge is 0.230 e. The molecular formula is C56H33N5O2. The third kappa shape index (κ3) is 5.90. The summed E-state index contributed by atoms with van der Waals surface area (Å²) in [4.78, 5) is 21.4. The van der Waals surface area contributed by atoms with E-state index < -0.39 is 0 Å². The van der Waals surface area contributed by atoms with E-state index in [0.29, 0.717) is 23.1 Å². The zero-order valence-electron chi connectivity index (χ0n) is 33.6. The number of para-hydroxylation sites is 2. The molecule has 0 bridgehead atoms. The van der Waals surface area contributed by atoms with Gasteiger partial charge in [0, 0.05) is 51.4 Å². The highest BCUT2D eigenvalue weighted by molar-refractivity contribution is 6.10. The van der Waals surface area contributed by atoms with Crippen LogP contribution in [-0.2, 0) is 0 Å². The van der Waals surface area contributed by atoms with E-state index in [1.165, 1.54) is 38.1 Å². The highest BCUT2D eigenvalue weighted by Gasteiger charge is 2.18. The van der Waals surface area contributed by atoms with Gasteiger partial charge in [-0.05, 0) is 128 Å². The molecule has 13 rings (SSSR count). The predicted molar refractivity (Wildman–Crippen MR) is 256 cm³/mol. The van der Waals surface area contributed by atoms with Gasteiger partial charge in [-0.2, -0.15) is 9.97 Å². The molecule has 0 amide bonds. The number of hydrogen-bond donors (Lipinski definition) is 0. The van der Waals surface area contributed by atoms with Gasteiger partial charge in [0.05, 0.1) is 10.8 Å². The number of furan rings is 2. The normalized spacial score (nSPS) is 11.8. The number of hydrogen-bond acceptors (Lipinski definition) is 7. The monoisotopic (exact) mass is 807 g/mol. The van der Waals surface area contributed by atoms with E-state index in [1.807, 2.05) is 60.9 Å². The topological polar surface area (TPSA) is 81.1 Å². The van der Waals surface area contributed by atoms with Crippen molar-refractivity contribution < 1.29 is 8.83 Å². The molecule has 4 aromatic heterocycles. The number of fused-ring (bicyclic) bond motifs is 10. The maximum absolute atomic E-state index is 6.10. The molecule has 0 atom stereocenters. The van der Waals surface area contributed by atoms with Crippen molar-refractivity contribution in [2.45, 2.75) is 0 Å².